The molecule has 0 aromatic carbocycles. The molecule has 0 fully saturated rings. The third kappa shape index (κ3) is 3.19. The molecule has 0 saturated carbocycles. The maximum absolute atomic E-state index is 11.1. The number of hydrogen-bond acceptors (Lipinski definition) is 1. The fraction of sp³-hybridized carbons (Fsp3) is 0.385. The lowest BCUT2D eigenvalue weighted by atomic mass is 10.1. The predicted molar refractivity (Wildman–Crippen MR) is 62.9 cm³/mol. The number of rotatable bonds is 6. The van der Waals surface area contributed by atoms with Crippen molar-refractivity contribution in [1.29, 1.82) is 0 Å². The average molecular weight is 220 g/mol. The molecule has 3 heteroatoms. The van der Waals surface area contributed by atoms with Crippen LogP contribution < -0.4 is 4.57 Å². The molecule has 1 N–H and O–H groups in total. The third-order valence-electron chi connectivity index (χ3n) is 2.59. The highest BCUT2D eigenvalue weighted by atomic mass is 16.4. The molecule has 0 amide bonds. The van der Waals surface area contributed by atoms with Crippen LogP contribution in [0.1, 0.15) is 37.8 Å². The van der Waals surface area contributed by atoms with E-state index in [0.717, 1.165) is 18.4 Å². The maximum atomic E-state index is 11.1. The van der Waals surface area contributed by atoms with Crippen LogP contribution in [0.5, 0.6) is 0 Å². The van der Waals surface area contributed by atoms with E-state index in [1.807, 2.05) is 12.1 Å². The lowest BCUT2D eigenvalue weighted by molar-refractivity contribution is -0.711. The Kier molecular flexibility index (Phi) is 4.70. The number of aromatic nitrogens is 1. The zero-order valence-corrected chi connectivity index (χ0v) is 9.60. The Morgan fingerprint density at radius 2 is 2.19 bits per heavy atom. The standard InChI is InChI=1S/C13H17NO2/c1-3-5-6-12(13(15)16)14-9-7-11(4-2)8-10-14/h4,7-10,12H,2-3,5-6H2,1H3/p+1. The molecule has 0 radical (unpaired) electrons. The van der Waals surface area contributed by atoms with Crippen LogP contribution in [-0.2, 0) is 4.79 Å². The molecule has 0 aliphatic carbocycles. The summed E-state index contributed by atoms with van der Waals surface area (Å²) >= 11 is 0. The minimum absolute atomic E-state index is 0.459. The second kappa shape index (κ2) is 6.05. The Morgan fingerprint density at radius 3 is 2.62 bits per heavy atom. The molecule has 0 bridgehead atoms. The molecule has 1 aromatic rings. The van der Waals surface area contributed by atoms with Crippen molar-refractivity contribution >= 4 is 12.0 Å². The molecule has 1 unspecified atom stereocenters. The van der Waals surface area contributed by atoms with Crippen molar-refractivity contribution in [2.24, 2.45) is 0 Å². The smallest absolute Gasteiger partial charge is 0.373 e. The van der Waals surface area contributed by atoms with Crippen LogP contribution in [0.2, 0.25) is 0 Å². The second-order valence-corrected chi connectivity index (χ2v) is 3.78. The van der Waals surface area contributed by atoms with Crippen molar-refractivity contribution < 1.29 is 14.5 Å². The van der Waals surface area contributed by atoms with E-state index >= 15 is 0 Å². The first-order valence-corrected chi connectivity index (χ1v) is 5.55. The second-order valence-electron chi connectivity index (χ2n) is 3.78. The normalized spacial score (nSPS) is 12.1. The molecule has 3 nitrogen and oxygen atoms in total. The van der Waals surface area contributed by atoms with Crippen LogP contribution in [0.3, 0.4) is 0 Å². The van der Waals surface area contributed by atoms with Crippen molar-refractivity contribution in [1.82, 2.24) is 0 Å². The minimum atomic E-state index is -0.773. The predicted octanol–water partition coefficient (Wildman–Crippen LogP) is 2.43. The van der Waals surface area contributed by atoms with Gasteiger partial charge in [0.2, 0.25) is 0 Å². The highest BCUT2D eigenvalue weighted by molar-refractivity contribution is 5.69. The van der Waals surface area contributed by atoms with Gasteiger partial charge in [-0.25, -0.2) is 4.79 Å². The van der Waals surface area contributed by atoms with E-state index in [-0.39, 0.29) is 0 Å². The Labute approximate surface area is 96.0 Å². The number of unbranched alkanes of at least 4 members (excludes halogenated alkanes) is 1. The number of hydrogen-bond donors (Lipinski definition) is 1. The first-order valence-electron chi connectivity index (χ1n) is 5.55. The zero-order chi connectivity index (χ0) is 12.0. The molecular weight excluding hydrogens is 202 g/mol. The van der Waals surface area contributed by atoms with Crippen LogP contribution in [-0.4, -0.2) is 11.1 Å². The van der Waals surface area contributed by atoms with Crippen molar-refractivity contribution in [3.05, 3.63) is 36.7 Å². The Bertz CT molecular complexity index is 357. The summed E-state index contributed by atoms with van der Waals surface area (Å²) in [5.41, 5.74) is 0.996. The fourth-order valence-electron chi connectivity index (χ4n) is 1.59. The van der Waals surface area contributed by atoms with E-state index in [2.05, 4.69) is 13.5 Å². The molecule has 1 heterocycles. The van der Waals surface area contributed by atoms with Gasteiger partial charge < -0.3 is 5.11 Å². The van der Waals surface area contributed by atoms with Crippen molar-refractivity contribution in [3.63, 3.8) is 0 Å². The number of aliphatic carboxylic acids is 1. The molecule has 16 heavy (non-hydrogen) atoms. The summed E-state index contributed by atoms with van der Waals surface area (Å²) < 4.78 is 1.74. The zero-order valence-electron chi connectivity index (χ0n) is 9.60. The van der Waals surface area contributed by atoms with Crippen LogP contribution in [0.15, 0.2) is 31.1 Å². The summed E-state index contributed by atoms with van der Waals surface area (Å²) in [6, 6.07) is 3.28. The number of pyridine rings is 1. The lowest BCUT2D eigenvalue weighted by Gasteiger charge is -2.07. The summed E-state index contributed by atoms with van der Waals surface area (Å²) in [6.45, 7) is 5.72. The lowest BCUT2D eigenvalue weighted by Crippen LogP contribution is -2.43. The van der Waals surface area contributed by atoms with Gasteiger partial charge >= 0.3 is 5.97 Å². The van der Waals surface area contributed by atoms with E-state index < -0.39 is 12.0 Å². The summed E-state index contributed by atoms with van der Waals surface area (Å²) in [6.07, 6.45) is 7.94. The average Bonchev–Trinajstić information content (AvgIpc) is 2.30. The molecule has 86 valence electrons. The van der Waals surface area contributed by atoms with Crippen LogP contribution in [0, 0.1) is 0 Å². The largest absolute Gasteiger partial charge is 0.476 e. The van der Waals surface area contributed by atoms with Crippen molar-refractivity contribution in [3.8, 4) is 0 Å². The highest BCUT2D eigenvalue weighted by Crippen LogP contribution is 2.09. The Hall–Kier alpha value is -1.64. The van der Waals surface area contributed by atoms with Gasteiger partial charge in [0, 0.05) is 18.6 Å². The summed E-state index contributed by atoms with van der Waals surface area (Å²) in [7, 11) is 0. The summed E-state index contributed by atoms with van der Waals surface area (Å²) in [5.74, 6) is -0.773. The molecule has 1 atom stereocenters. The minimum Gasteiger partial charge on any atom is -0.476 e. The third-order valence-corrected chi connectivity index (χ3v) is 2.59. The van der Waals surface area contributed by atoms with Gasteiger partial charge in [0.15, 0.2) is 12.4 Å². The van der Waals surface area contributed by atoms with E-state index in [1.165, 1.54) is 0 Å². The van der Waals surface area contributed by atoms with E-state index in [0.29, 0.717) is 6.42 Å². The van der Waals surface area contributed by atoms with Gasteiger partial charge in [-0.15, -0.1) is 0 Å². The van der Waals surface area contributed by atoms with Crippen LogP contribution >= 0.6 is 0 Å². The summed E-state index contributed by atoms with van der Waals surface area (Å²) in [5, 5.41) is 9.14. The van der Waals surface area contributed by atoms with E-state index in [1.54, 1.807) is 23.0 Å². The monoisotopic (exact) mass is 220 g/mol. The molecule has 0 saturated heterocycles. The molecule has 0 aliphatic heterocycles. The van der Waals surface area contributed by atoms with Gasteiger partial charge in [-0.3, -0.25) is 0 Å². The molecule has 1 aromatic heterocycles. The molecule has 0 spiro atoms. The Balaban J connectivity index is 2.83. The summed E-state index contributed by atoms with van der Waals surface area (Å²) in [4.78, 5) is 11.1. The highest BCUT2D eigenvalue weighted by Gasteiger charge is 2.25. The topological polar surface area (TPSA) is 41.2 Å². The first kappa shape index (κ1) is 12.4. The van der Waals surface area contributed by atoms with Crippen molar-refractivity contribution in [2.45, 2.75) is 32.2 Å². The molecule has 0 aliphatic rings. The van der Waals surface area contributed by atoms with Gasteiger partial charge in [0.1, 0.15) is 0 Å². The molecular formula is C13H18NO2+. The van der Waals surface area contributed by atoms with Gasteiger partial charge in [-0.2, -0.15) is 4.57 Å². The van der Waals surface area contributed by atoms with Gasteiger partial charge in [-0.05, 0) is 12.0 Å². The number of carbonyl (C=O) groups is 1. The fourth-order valence-corrected chi connectivity index (χ4v) is 1.59. The van der Waals surface area contributed by atoms with E-state index in [4.69, 9.17) is 5.11 Å². The number of nitrogens with zero attached hydrogens (tertiary/aromatic N) is 1. The van der Waals surface area contributed by atoms with Gasteiger partial charge in [0.05, 0.1) is 0 Å². The van der Waals surface area contributed by atoms with Crippen LogP contribution in [0.25, 0.3) is 6.08 Å². The van der Waals surface area contributed by atoms with Gasteiger partial charge in [0.25, 0.3) is 6.04 Å². The van der Waals surface area contributed by atoms with Gasteiger partial charge in [-0.1, -0.05) is 26.0 Å². The van der Waals surface area contributed by atoms with E-state index in [9.17, 15) is 4.79 Å². The number of carboxylic acids is 1. The Morgan fingerprint density at radius 1 is 1.56 bits per heavy atom. The molecule has 1 rings (SSSR count). The van der Waals surface area contributed by atoms with Crippen LogP contribution in [0.4, 0.5) is 0 Å². The quantitative estimate of drug-likeness (QED) is 0.748. The maximum Gasteiger partial charge on any atom is 0.373 e. The van der Waals surface area contributed by atoms with Crippen molar-refractivity contribution in [2.75, 3.05) is 0 Å². The SMILES string of the molecule is C=Cc1cc[n+](C(CCCC)C(=O)O)cc1. The first-order chi connectivity index (χ1) is 7.69. The number of carboxylic acid groups (broad SMARTS) is 1.